The van der Waals surface area contributed by atoms with Gasteiger partial charge in [0.2, 0.25) is 0 Å². The third-order valence-corrected chi connectivity index (χ3v) is 11.7. The van der Waals surface area contributed by atoms with Crippen LogP contribution in [0.5, 0.6) is 0 Å². The number of nitriles is 1. The summed E-state index contributed by atoms with van der Waals surface area (Å²) in [6, 6.07) is 52.1. The van der Waals surface area contributed by atoms with Crippen LogP contribution in [0.25, 0.3) is 88.4 Å². The van der Waals surface area contributed by atoms with Gasteiger partial charge in [0.1, 0.15) is 23.3 Å². The van der Waals surface area contributed by atoms with Crippen LogP contribution in [0.4, 0.5) is 8.78 Å². The van der Waals surface area contributed by atoms with Crippen molar-refractivity contribution < 1.29 is 8.78 Å². The molecule has 0 N–H and O–H groups in total. The summed E-state index contributed by atoms with van der Waals surface area (Å²) in [4.78, 5) is 0. The van der Waals surface area contributed by atoms with E-state index in [4.69, 9.17) is 0 Å². The third kappa shape index (κ3) is 5.44. The molecule has 0 saturated heterocycles. The predicted octanol–water partition coefficient (Wildman–Crippen LogP) is 14.3. The van der Waals surface area contributed by atoms with Crippen molar-refractivity contribution in [2.45, 2.75) is 27.7 Å². The zero-order valence-corrected chi connectivity index (χ0v) is 32.5. The molecular weight excluding hydrogens is 717 g/mol. The highest BCUT2D eigenvalue weighted by Crippen LogP contribution is 2.42. The van der Waals surface area contributed by atoms with E-state index in [-0.39, 0.29) is 5.56 Å². The first-order valence-corrected chi connectivity index (χ1v) is 19.4. The number of aromatic nitrogens is 2. The zero-order valence-electron chi connectivity index (χ0n) is 32.5. The van der Waals surface area contributed by atoms with Gasteiger partial charge < -0.3 is 9.13 Å². The van der Waals surface area contributed by atoms with Gasteiger partial charge in [0.15, 0.2) is 0 Å². The second-order valence-electron chi connectivity index (χ2n) is 15.4. The summed E-state index contributed by atoms with van der Waals surface area (Å²) in [5.41, 5.74) is 14.4. The molecule has 3 nitrogen and oxygen atoms in total. The van der Waals surface area contributed by atoms with E-state index in [1.165, 1.54) is 40.5 Å². The minimum absolute atomic E-state index is 0.148. The van der Waals surface area contributed by atoms with Gasteiger partial charge in [0.25, 0.3) is 0 Å². The van der Waals surface area contributed by atoms with Gasteiger partial charge in [-0.15, -0.1) is 0 Å². The summed E-state index contributed by atoms with van der Waals surface area (Å²) in [7, 11) is 0. The van der Waals surface area contributed by atoms with Crippen LogP contribution in [0.1, 0.15) is 27.8 Å². The molecule has 2 heterocycles. The number of fused-ring (bicyclic) bond motifs is 6. The molecule has 10 aromatic rings. The van der Waals surface area contributed by atoms with Crippen LogP contribution >= 0.6 is 0 Å². The monoisotopic (exact) mass is 753 g/mol. The normalized spacial score (nSPS) is 11.6. The molecule has 8 aromatic carbocycles. The summed E-state index contributed by atoms with van der Waals surface area (Å²) < 4.78 is 35.9. The molecule has 0 unspecified atom stereocenters. The maximum absolute atomic E-state index is 15.9. The molecule has 0 fully saturated rings. The molecule has 0 radical (unpaired) electrons. The first kappa shape index (κ1) is 35.1. The molecule has 0 amide bonds. The molecule has 5 heteroatoms. The Hall–Kier alpha value is -7.29. The second kappa shape index (κ2) is 13.4. The Labute approximate surface area is 335 Å². The van der Waals surface area contributed by atoms with Crippen molar-refractivity contribution in [3.05, 3.63) is 191 Å². The van der Waals surface area contributed by atoms with E-state index in [1.807, 2.05) is 36.4 Å². The summed E-state index contributed by atoms with van der Waals surface area (Å²) >= 11 is 0. The molecule has 2 aromatic heterocycles. The average molecular weight is 754 g/mol. The largest absolute Gasteiger partial charge is 0.308 e. The number of rotatable bonds is 5. The molecule has 278 valence electrons. The molecule has 0 atom stereocenters. The number of hydrogen-bond acceptors (Lipinski definition) is 1. The van der Waals surface area contributed by atoms with Gasteiger partial charge in [0, 0.05) is 21.5 Å². The number of benzene rings is 8. The van der Waals surface area contributed by atoms with E-state index in [2.05, 4.69) is 128 Å². The van der Waals surface area contributed by atoms with Crippen molar-refractivity contribution in [2.24, 2.45) is 0 Å². The Balaban J connectivity index is 1.30. The van der Waals surface area contributed by atoms with E-state index < -0.39 is 11.6 Å². The molecule has 58 heavy (non-hydrogen) atoms. The van der Waals surface area contributed by atoms with Crippen molar-refractivity contribution in [3.63, 3.8) is 0 Å². The highest BCUT2D eigenvalue weighted by molar-refractivity contribution is 6.12. The molecule has 0 aliphatic rings. The van der Waals surface area contributed by atoms with Crippen LogP contribution in [0.2, 0.25) is 0 Å². The Morgan fingerprint density at radius 1 is 0.431 bits per heavy atom. The van der Waals surface area contributed by atoms with E-state index >= 15 is 8.78 Å². The Kier molecular flexibility index (Phi) is 8.14. The van der Waals surface area contributed by atoms with Gasteiger partial charge in [-0.25, -0.2) is 8.78 Å². The Morgan fingerprint density at radius 3 is 1.33 bits per heavy atom. The van der Waals surface area contributed by atoms with Crippen molar-refractivity contribution in [1.29, 1.82) is 5.26 Å². The van der Waals surface area contributed by atoms with Gasteiger partial charge in [-0.2, -0.15) is 5.26 Å². The van der Waals surface area contributed by atoms with E-state index in [1.54, 1.807) is 12.1 Å². The topological polar surface area (TPSA) is 33.6 Å². The lowest BCUT2D eigenvalue weighted by molar-refractivity contribution is 0.589. The number of nitrogens with zero attached hydrogens (tertiary/aromatic N) is 3. The molecule has 0 spiro atoms. The van der Waals surface area contributed by atoms with Crippen molar-refractivity contribution in [3.8, 4) is 50.8 Å². The van der Waals surface area contributed by atoms with E-state index in [0.29, 0.717) is 22.5 Å². The fraction of sp³-hybridized carbons (Fsp3) is 0.0755. The van der Waals surface area contributed by atoms with Crippen molar-refractivity contribution >= 4 is 43.6 Å². The second-order valence-corrected chi connectivity index (χ2v) is 15.4. The maximum Gasteiger partial charge on any atom is 0.133 e. The SMILES string of the molecule is Cc1ccc(-c2ccc3c(c2)c2ccccc2n3-c2cc(-c3c(F)cccc3F)cc(-n3c4ccccc4c4cc(-c5ccc(C)cc5C)ccc43)c2C#N)c(C)c1. The van der Waals surface area contributed by atoms with Crippen LogP contribution in [-0.2, 0) is 0 Å². The predicted molar refractivity (Wildman–Crippen MR) is 235 cm³/mol. The molecule has 0 bridgehead atoms. The Bertz CT molecular complexity index is 3160. The first-order valence-electron chi connectivity index (χ1n) is 19.4. The highest BCUT2D eigenvalue weighted by Gasteiger charge is 2.24. The minimum Gasteiger partial charge on any atom is -0.308 e. The molecular formula is C53H37F2N3. The summed E-state index contributed by atoms with van der Waals surface area (Å²) in [5.74, 6) is -1.36. The highest BCUT2D eigenvalue weighted by atomic mass is 19.1. The molecule has 0 aliphatic carbocycles. The number of aryl methyl sites for hydroxylation is 4. The van der Waals surface area contributed by atoms with E-state index in [0.717, 1.165) is 65.9 Å². The number of hydrogen-bond donors (Lipinski definition) is 0. The molecule has 0 saturated carbocycles. The first-order chi connectivity index (χ1) is 28.2. The third-order valence-electron chi connectivity index (χ3n) is 11.7. The Morgan fingerprint density at radius 2 is 0.879 bits per heavy atom. The minimum atomic E-state index is -0.678. The molecule has 0 aliphatic heterocycles. The van der Waals surface area contributed by atoms with Gasteiger partial charge >= 0.3 is 0 Å². The molecule has 10 rings (SSSR count). The van der Waals surface area contributed by atoms with Crippen LogP contribution in [0.3, 0.4) is 0 Å². The fourth-order valence-electron chi connectivity index (χ4n) is 9.07. The lowest BCUT2D eigenvalue weighted by Crippen LogP contribution is -2.06. The number of halogens is 2. The maximum atomic E-state index is 15.9. The fourth-order valence-corrected chi connectivity index (χ4v) is 9.07. The zero-order chi connectivity index (χ0) is 39.8. The average Bonchev–Trinajstić information content (AvgIpc) is 3.72. The van der Waals surface area contributed by atoms with Crippen LogP contribution in [-0.4, -0.2) is 9.13 Å². The van der Waals surface area contributed by atoms with Gasteiger partial charge in [-0.05, 0) is 127 Å². The van der Waals surface area contributed by atoms with Gasteiger partial charge in [0.05, 0.1) is 39.0 Å². The lowest BCUT2D eigenvalue weighted by atomic mass is 9.97. The standard InChI is InChI=1S/C53H37F2N3/c1-31-16-20-38(33(3)24-31)35-18-22-49-42(26-35)40-10-5-7-14-47(40)57(49)51-28-37(53-45(54)12-9-13-46(53)55)29-52(44(51)30-56)58-48-15-8-6-11-41(48)43-27-36(19-23-50(43)58)39-21-17-32(2)25-34(39)4/h5-29H,1-4H3. The summed E-state index contributed by atoms with van der Waals surface area (Å²) in [5, 5.41) is 15.4. The van der Waals surface area contributed by atoms with Crippen LogP contribution in [0.15, 0.2) is 152 Å². The van der Waals surface area contributed by atoms with Crippen LogP contribution < -0.4 is 0 Å². The van der Waals surface area contributed by atoms with Crippen LogP contribution in [0, 0.1) is 50.7 Å². The van der Waals surface area contributed by atoms with Gasteiger partial charge in [-0.1, -0.05) is 102 Å². The summed E-state index contributed by atoms with van der Waals surface area (Å²) in [6.07, 6.45) is 0. The quantitative estimate of drug-likeness (QED) is 0.172. The summed E-state index contributed by atoms with van der Waals surface area (Å²) in [6.45, 7) is 8.45. The van der Waals surface area contributed by atoms with Crippen molar-refractivity contribution in [2.75, 3.05) is 0 Å². The lowest BCUT2D eigenvalue weighted by Gasteiger charge is -2.19. The van der Waals surface area contributed by atoms with Crippen molar-refractivity contribution in [1.82, 2.24) is 9.13 Å². The number of para-hydroxylation sites is 2. The van der Waals surface area contributed by atoms with Gasteiger partial charge in [-0.3, -0.25) is 0 Å². The smallest absolute Gasteiger partial charge is 0.133 e. The van der Waals surface area contributed by atoms with E-state index in [9.17, 15) is 5.26 Å².